The number of carbonyl (C=O) groups excluding carboxylic acids is 1. The van der Waals surface area contributed by atoms with Crippen LogP contribution in [-0.2, 0) is 4.79 Å². The number of hydrogen-bond acceptors (Lipinski definition) is 2. The first kappa shape index (κ1) is 13.3. The van der Waals surface area contributed by atoms with Crippen LogP contribution in [0.25, 0.3) is 5.57 Å². The number of rotatable bonds is 2. The van der Waals surface area contributed by atoms with E-state index in [1.54, 1.807) is 12.1 Å². The Morgan fingerprint density at radius 2 is 2.10 bits per heavy atom. The number of nitrogens with one attached hydrogen (secondary N) is 1. The van der Waals surface area contributed by atoms with Gasteiger partial charge in [-0.2, -0.15) is 0 Å². The first-order chi connectivity index (χ1) is 9.74. The minimum absolute atomic E-state index is 0.00997. The molecule has 0 radical (unpaired) electrons. The van der Waals surface area contributed by atoms with Crippen molar-refractivity contribution in [1.29, 1.82) is 0 Å². The maximum Gasteiger partial charge on any atom is 0.239 e. The minimum Gasteiger partial charge on any atom is -0.337 e. The fraction of sp³-hybridized carbons (Fsp3) is 0.438. The molecule has 3 rings (SSSR count). The van der Waals surface area contributed by atoms with Gasteiger partial charge in [-0.15, -0.1) is 0 Å². The second-order valence-electron chi connectivity index (χ2n) is 5.42. The van der Waals surface area contributed by atoms with Crippen molar-refractivity contribution >= 4 is 11.5 Å². The molecule has 0 aromatic heterocycles. The molecular formula is C16H19FN2O. The van der Waals surface area contributed by atoms with E-state index in [0.717, 1.165) is 37.9 Å². The Hall–Kier alpha value is -1.68. The summed E-state index contributed by atoms with van der Waals surface area (Å²) in [7, 11) is 0. The second kappa shape index (κ2) is 5.75. The summed E-state index contributed by atoms with van der Waals surface area (Å²) in [6.07, 6.45) is 4.96. The molecule has 1 amide bonds. The van der Waals surface area contributed by atoms with Gasteiger partial charge in [0.15, 0.2) is 0 Å². The van der Waals surface area contributed by atoms with E-state index in [1.807, 2.05) is 4.90 Å². The highest BCUT2D eigenvalue weighted by atomic mass is 19.1. The fourth-order valence-corrected chi connectivity index (χ4v) is 2.91. The normalized spacial score (nSPS) is 22.8. The summed E-state index contributed by atoms with van der Waals surface area (Å²) in [5.74, 6) is 0.00572. The summed E-state index contributed by atoms with van der Waals surface area (Å²) in [5, 5.41) is 3.25. The SMILES string of the molecule is O=C([C@H]1CCCN1)N1CC=C(c2ccc(F)cc2)CC1. The molecule has 1 fully saturated rings. The van der Waals surface area contributed by atoms with Crippen molar-refractivity contribution < 1.29 is 9.18 Å². The number of nitrogens with zero attached hydrogens (tertiary/aromatic N) is 1. The average Bonchev–Trinajstić information content (AvgIpc) is 3.02. The second-order valence-corrected chi connectivity index (χ2v) is 5.42. The van der Waals surface area contributed by atoms with Crippen LogP contribution in [0.2, 0.25) is 0 Å². The van der Waals surface area contributed by atoms with Gasteiger partial charge < -0.3 is 10.2 Å². The van der Waals surface area contributed by atoms with Crippen LogP contribution in [-0.4, -0.2) is 36.5 Å². The van der Waals surface area contributed by atoms with Gasteiger partial charge >= 0.3 is 0 Å². The molecule has 1 atom stereocenters. The summed E-state index contributed by atoms with van der Waals surface area (Å²) >= 11 is 0. The number of hydrogen-bond donors (Lipinski definition) is 1. The van der Waals surface area contributed by atoms with Crippen LogP contribution in [0.3, 0.4) is 0 Å². The van der Waals surface area contributed by atoms with E-state index >= 15 is 0 Å². The molecule has 1 N–H and O–H groups in total. The molecule has 2 aliphatic rings. The molecule has 20 heavy (non-hydrogen) atoms. The molecule has 0 spiro atoms. The van der Waals surface area contributed by atoms with Gasteiger partial charge in [-0.1, -0.05) is 18.2 Å². The predicted octanol–water partition coefficient (Wildman–Crippen LogP) is 2.19. The van der Waals surface area contributed by atoms with Crippen LogP contribution in [0, 0.1) is 5.82 Å². The zero-order valence-electron chi connectivity index (χ0n) is 11.4. The third-order valence-electron chi connectivity index (χ3n) is 4.09. The summed E-state index contributed by atoms with van der Waals surface area (Å²) < 4.78 is 12.9. The smallest absolute Gasteiger partial charge is 0.239 e. The van der Waals surface area contributed by atoms with Gasteiger partial charge in [0.05, 0.1) is 6.04 Å². The molecule has 1 aromatic rings. The summed E-state index contributed by atoms with van der Waals surface area (Å²) in [6.45, 7) is 2.35. The Morgan fingerprint density at radius 3 is 2.70 bits per heavy atom. The highest BCUT2D eigenvalue weighted by molar-refractivity contribution is 5.83. The Balaban J connectivity index is 1.65. The monoisotopic (exact) mass is 274 g/mol. The molecule has 0 unspecified atom stereocenters. The van der Waals surface area contributed by atoms with Crippen molar-refractivity contribution in [1.82, 2.24) is 10.2 Å². The van der Waals surface area contributed by atoms with Crippen LogP contribution < -0.4 is 5.32 Å². The molecular weight excluding hydrogens is 255 g/mol. The van der Waals surface area contributed by atoms with E-state index in [4.69, 9.17) is 0 Å². The third-order valence-corrected chi connectivity index (χ3v) is 4.09. The average molecular weight is 274 g/mol. The molecule has 0 saturated carbocycles. The highest BCUT2D eigenvalue weighted by Gasteiger charge is 2.27. The van der Waals surface area contributed by atoms with Crippen molar-refractivity contribution in [2.45, 2.75) is 25.3 Å². The van der Waals surface area contributed by atoms with E-state index in [0.29, 0.717) is 6.54 Å². The summed E-state index contributed by atoms with van der Waals surface area (Å²) in [4.78, 5) is 14.2. The van der Waals surface area contributed by atoms with Gasteiger partial charge in [0, 0.05) is 13.1 Å². The topological polar surface area (TPSA) is 32.3 Å². The fourth-order valence-electron chi connectivity index (χ4n) is 2.91. The Morgan fingerprint density at radius 1 is 1.30 bits per heavy atom. The van der Waals surface area contributed by atoms with Crippen LogP contribution in [0.15, 0.2) is 30.3 Å². The Kier molecular flexibility index (Phi) is 3.83. The van der Waals surface area contributed by atoms with Crippen molar-refractivity contribution in [3.63, 3.8) is 0 Å². The maximum absolute atomic E-state index is 12.9. The number of benzene rings is 1. The largest absolute Gasteiger partial charge is 0.337 e. The van der Waals surface area contributed by atoms with E-state index in [9.17, 15) is 9.18 Å². The van der Waals surface area contributed by atoms with Crippen LogP contribution in [0.1, 0.15) is 24.8 Å². The lowest BCUT2D eigenvalue weighted by Crippen LogP contribution is -2.45. The van der Waals surface area contributed by atoms with Crippen molar-refractivity contribution in [3.05, 3.63) is 41.7 Å². The van der Waals surface area contributed by atoms with E-state index in [1.165, 1.54) is 17.7 Å². The molecule has 106 valence electrons. The lowest BCUT2D eigenvalue weighted by Gasteiger charge is -2.29. The van der Waals surface area contributed by atoms with Crippen LogP contribution in [0.4, 0.5) is 4.39 Å². The molecule has 2 heterocycles. The zero-order valence-corrected chi connectivity index (χ0v) is 11.4. The standard InChI is InChI=1S/C16H19FN2O/c17-14-5-3-12(4-6-14)13-7-10-19(11-8-13)16(20)15-2-1-9-18-15/h3-7,15,18H,1-2,8-11H2/t15-/m1/s1. The van der Waals surface area contributed by atoms with Crippen molar-refractivity contribution in [3.8, 4) is 0 Å². The first-order valence-electron chi connectivity index (χ1n) is 7.21. The molecule has 0 bridgehead atoms. The van der Waals surface area contributed by atoms with E-state index in [-0.39, 0.29) is 17.8 Å². The minimum atomic E-state index is -0.214. The van der Waals surface area contributed by atoms with Gasteiger partial charge in [-0.25, -0.2) is 4.39 Å². The number of halogens is 1. The molecule has 2 aliphatic heterocycles. The van der Waals surface area contributed by atoms with Gasteiger partial charge in [0.1, 0.15) is 5.82 Å². The van der Waals surface area contributed by atoms with Gasteiger partial charge in [-0.3, -0.25) is 4.79 Å². The molecule has 4 heteroatoms. The van der Waals surface area contributed by atoms with E-state index < -0.39 is 0 Å². The maximum atomic E-state index is 12.9. The zero-order chi connectivity index (χ0) is 13.9. The highest BCUT2D eigenvalue weighted by Crippen LogP contribution is 2.23. The van der Waals surface area contributed by atoms with Crippen LogP contribution in [0.5, 0.6) is 0 Å². The van der Waals surface area contributed by atoms with Crippen LogP contribution >= 0.6 is 0 Å². The van der Waals surface area contributed by atoms with Gasteiger partial charge in [0.25, 0.3) is 0 Å². The van der Waals surface area contributed by atoms with Gasteiger partial charge in [0.2, 0.25) is 5.91 Å². The van der Waals surface area contributed by atoms with Crippen molar-refractivity contribution in [2.24, 2.45) is 0 Å². The quantitative estimate of drug-likeness (QED) is 0.896. The lowest BCUT2D eigenvalue weighted by molar-refractivity contribution is -0.132. The predicted molar refractivity (Wildman–Crippen MR) is 76.6 cm³/mol. The molecule has 3 nitrogen and oxygen atoms in total. The Bertz CT molecular complexity index is 518. The number of carbonyl (C=O) groups is 1. The summed E-state index contributed by atoms with van der Waals surface area (Å²) in [6, 6.07) is 6.58. The first-order valence-corrected chi connectivity index (χ1v) is 7.21. The molecule has 1 aromatic carbocycles. The lowest BCUT2D eigenvalue weighted by atomic mass is 9.99. The number of amides is 1. The van der Waals surface area contributed by atoms with Gasteiger partial charge in [-0.05, 0) is 49.1 Å². The molecule has 1 saturated heterocycles. The molecule has 0 aliphatic carbocycles. The van der Waals surface area contributed by atoms with E-state index in [2.05, 4.69) is 11.4 Å². The Labute approximate surface area is 118 Å². The third kappa shape index (κ3) is 2.75. The van der Waals surface area contributed by atoms with Crippen molar-refractivity contribution in [2.75, 3.05) is 19.6 Å². The summed E-state index contributed by atoms with van der Waals surface area (Å²) in [5.41, 5.74) is 2.26.